The van der Waals surface area contributed by atoms with Gasteiger partial charge < -0.3 is 10.1 Å². The Hall–Kier alpha value is -0.120. The predicted molar refractivity (Wildman–Crippen MR) is 71.3 cm³/mol. The maximum atomic E-state index is 5.84. The third kappa shape index (κ3) is 3.43. The Morgan fingerprint density at radius 3 is 2.94 bits per heavy atom. The Bertz CT molecular complexity index is 242. The van der Waals surface area contributed by atoms with E-state index in [9.17, 15) is 0 Å². The summed E-state index contributed by atoms with van der Waals surface area (Å²) >= 11 is 0. The first-order chi connectivity index (χ1) is 8.12. The van der Waals surface area contributed by atoms with Gasteiger partial charge in [0.2, 0.25) is 0 Å². The highest BCUT2D eigenvalue weighted by atomic mass is 16.5. The average molecular weight is 240 g/mol. The van der Waals surface area contributed by atoms with Crippen LogP contribution in [0.15, 0.2) is 0 Å². The quantitative estimate of drug-likeness (QED) is 0.795. The molecule has 0 aromatic heterocycles. The van der Waals surface area contributed by atoms with Crippen molar-refractivity contribution in [1.29, 1.82) is 0 Å². The monoisotopic (exact) mass is 240 g/mol. The number of morpholine rings is 1. The van der Waals surface area contributed by atoms with Crippen LogP contribution in [0.3, 0.4) is 0 Å². The van der Waals surface area contributed by atoms with Crippen LogP contribution in [0.5, 0.6) is 0 Å². The Labute approximate surface area is 106 Å². The van der Waals surface area contributed by atoms with Crippen LogP contribution in [0.4, 0.5) is 0 Å². The molecule has 3 heteroatoms. The minimum atomic E-state index is 0.279. The summed E-state index contributed by atoms with van der Waals surface area (Å²) in [6.45, 7) is 11.1. The van der Waals surface area contributed by atoms with Crippen LogP contribution in [0.2, 0.25) is 0 Å². The Balaban J connectivity index is 1.75. The second kappa shape index (κ2) is 5.68. The molecular weight excluding hydrogens is 212 g/mol. The van der Waals surface area contributed by atoms with Crippen molar-refractivity contribution in [2.24, 2.45) is 0 Å². The summed E-state index contributed by atoms with van der Waals surface area (Å²) in [5, 5.41) is 3.65. The fourth-order valence-corrected chi connectivity index (χ4v) is 2.95. The number of nitrogens with zero attached hydrogens (tertiary/aromatic N) is 1. The van der Waals surface area contributed by atoms with Crippen LogP contribution < -0.4 is 5.32 Å². The van der Waals surface area contributed by atoms with Crippen LogP contribution in [0, 0.1) is 0 Å². The third-order valence-corrected chi connectivity index (χ3v) is 4.48. The van der Waals surface area contributed by atoms with Crippen LogP contribution in [0.25, 0.3) is 0 Å². The van der Waals surface area contributed by atoms with Gasteiger partial charge in [-0.1, -0.05) is 6.92 Å². The average Bonchev–Trinajstić information content (AvgIpc) is 2.78. The van der Waals surface area contributed by atoms with E-state index in [1.807, 2.05) is 0 Å². The zero-order chi connectivity index (χ0) is 12.3. The summed E-state index contributed by atoms with van der Waals surface area (Å²) in [4.78, 5) is 2.64. The minimum Gasteiger partial charge on any atom is -0.375 e. The molecule has 2 fully saturated rings. The molecule has 0 bridgehead atoms. The van der Waals surface area contributed by atoms with E-state index >= 15 is 0 Å². The molecule has 0 spiro atoms. The number of fused-ring (bicyclic) bond motifs is 1. The minimum absolute atomic E-state index is 0.279. The molecule has 2 unspecified atom stereocenters. The molecular formula is C14H28N2O. The largest absolute Gasteiger partial charge is 0.375 e. The molecule has 0 radical (unpaired) electrons. The zero-order valence-corrected chi connectivity index (χ0v) is 11.7. The summed E-state index contributed by atoms with van der Waals surface area (Å²) in [7, 11) is 0. The van der Waals surface area contributed by atoms with Gasteiger partial charge in [-0.25, -0.2) is 0 Å². The predicted octanol–water partition coefficient (Wildman–Crippen LogP) is 2.02. The zero-order valence-electron chi connectivity index (χ0n) is 11.7. The lowest BCUT2D eigenvalue weighted by atomic mass is 10.0. The lowest BCUT2D eigenvalue weighted by Crippen LogP contribution is -2.52. The van der Waals surface area contributed by atoms with Crippen molar-refractivity contribution in [1.82, 2.24) is 10.2 Å². The summed E-state index contributed by atoms with van der Waals surface area (Å²) in [6.07, 6.45) is 5.67. The Kier molecular flexibility index (Phi) is 4.45. The van der Waals surface area contributed by atoms with Crippen molar-refractivity contribution in [3.05, 3.63) is 0 Å². The lowest BCUT2D eigenvalue weighted by molar-refractivity contribution is -0.0552. The van der Waals surface area contributed by atoms with Gasteiger partial charge >= 0.3 is 0 Å². The smallest absolute Gasteiger partial charge is 0.0730 e. The van der Waals surface area contributed by atoms with E-state index in [0.29, 0.717) is 12.1 Å². The number of nitrogens with one attached hydrogen (secondary N) is 1. The maximum Gasteiger partial charge on any atom is 0.0730 e. The van der Waals surface area contributed by atoms with Crippen LogP contribution in [-0.2, 0) is 4.74 Å². The summed E-state index contributed by atoms with van der Waals surface area (Å²) < 4.78 is 5.84. The van der Waals surface area contributed by atoms with Gasteiger partial charge in [0.15, 0.2) is 0 Å². The van der Waals surface area contributed by atoms with Gasteiger partial charge in [0.05, 0.1) is 12.7 Å². The molecule has 2 rings (SSSR count). The number of ether oxygens (including phenoxy) is 1. The van der Waals surface area contributed by atoms with Gasteiger partial charge in [-0.15, -0.1) is 0 Å². The standard InChI is InChI=1S/C14H28N2O/c1-4-14(2,3)15-8-9-16-10-11-17-13-7-5-6-12(13)16/h12-13,15H,4-11H2,1-3H3. The van der Waals surface area contributed by atoms with Crippen molar-refractivity contribution < 1.29 is 4.74 Å². The number of hydrogen-bond donors (Lipinski definition) is 1. The van der Waals surface area contributed by atoms with Crippen molar-refractivity contribution >= 4 is 0 Å². The molecule has 0 amide bonds. The second-order valence-electron chi connectivity index (χ2n) is 6.11. The van der Waals surface area contributed by atoms with E-state index in [0.717, 1.165) is 19.7 Å². The first-order valence-corrected chi connectivity index (χ1v) is 7.23. The molecule has 1 heterocycles. The van der Waals surface area contributed by atoms with E-state index < -0.39 is 0 Å². The van der Waals surface area contributed by atoms with Gasteiger partial charge in [-0.3, -0.25) is 4.90 Å². The van der Waals surface area contributed by atoms with Gasteiger partial charge in [0.25, 0.3) is 0 Å². The highest BCUT2D eigenvalue weighted by Crippen LogP contribution is 2.29. The van der Waals surface area contributed by atoms with E-state index in [1.54, 1.807) is 0 Å². The highest BCUT2D eigenvalue weighted by Gasteiger charge is 2.35. The van der Waals surface area contributed by atoms with Crippen LogP contribution in [-0.4, -0.2) is 48.8 Å². The number of rotatable bonds is 5. The fraction of sp³-hybridized carbons (Fsp3) is 1.00. The normalized spacial score (nSPS) is 30.5. The molecule has 1 N–H and O–H groups in total. The molecule has 100 valence electrons. The summed E-state index contributed by atoms with van der Waals surface area (Å²) in [5.41, 5.74) is 0.279. The van der Waals surface area contributed by atoms with E-state index in [-0.39, 0.29) is 5.54 Å². The van der Waals surface area contributed by atoms with Crippen molar-refractivity contribution in [2.75, 3.05) is 26.2 Å². The Morgan fingerprint density at radius 1 is 1.35 bits per heavy atom. The first-order valence-electron chi connectivity index (χ1n) is 7.23. The van der Waals surface area contributed by atoms with Gasteiger partial charge in [0.1, 0.15) is 0 Å². The summed E-state index contributed by atoms with van der Waals surface area (Å²) in [6, 6.07) is 0.704. The third-order valence-electron chi connectivity index (χ3n) is 4.48. The van der Waals surface area contributed by atoms with Crippen LogP contribution in [0.1, 0.15) is 46.5 Å². The van der Waals surface area contributed by atoms with E-state index in [4.69, 9.17) is 4.74 Å². The summed E-state index contributed by atoms with van der Waals surface area (Å²) in [5.74, 6) is 0. The van der Waals surface area contributed by atoms with Crippen molar-refractivity contribution in [3.8, 4) is 0 Å². The van der Waals surface area contributed by atoms with E-state index in [1.165, 1.54) is 32.2 Å². The van der Waals surface area contributed by atoms with Crippen molar-refractivity contribution in [2.45, 2.75) is 64.1 Å². The molecule has 1 aliphatic carbocycles. The molecule has 2 aliphatic rings. The maximum absolute atomic E-state index is 5.84. The molecule has 0 aromatic carbocycles. The molecule has 1 aliphatic heterocycles. The molecule has 0 aromatic rings. The van der Waals surface area contributed by atoms with Gasteiger partial charge in [0, 0.05) is 31.2 Å². The molecule has 17 heavy (non-hydrogen) atoms. The molecule has 3 nitrogen and oxygen atoms in total. The van der Waals surface area contributed by atoms with E-state index in [2.05, 4.69) is 31.0 Å². The number of hydrogen-bond acceptors (Lipinski definition) is 3. The molecule has 1 saturated heterocycles. The van der Waals surface area contributed by atoms with Crippen LogP contribution >= 0.6 is 0 Å². The topological polar surface area (TPSA) is 24.5 Å². The molecule has 2 atom stereocenters. The van der Waals surface area contributed by atoms with Gasteiger partial charge in [-0.05, 0) is 39.5 Å². The Morgan fingerprint density at radius 2 is 2.18 bits per heavy atom. The van der Waals surface area contributed by atoms with Gasteiger partial charge in [-0.2, -0.15) is 0 Å². The fourth-order valence-electron chi connectivity index (χ4n) is 2.95. The first kappa shape index (κ1) is 13.3. The molecule has 1 saturated carbocycles. The highest BCUT2D eigenvalue weighted by molar-refractivity contribution is 4.89. The lowest BCUT2D eigenvalue weighted by Gasteiger charge is -2.38. The van der Waals surface area contributed by atoms with Crippen molar-refractivity contribution in [3.63, 3.8) is 0 Å². The second-order valence-corrected chi connectivity index (χ2v) is 6.11. The SMILES string of the molecule is CCC(C)(C)NCCN1CCOC2CCCC21.